The number of hydrogen-bond donors (Lipinski definition) is 3. The number of aromatic nitrogens is 1. The highest BCUT2D eigenvalue weighted by atomic mass is 19.1. The first-order valence-corrected chi connectivity index (χ1v) is 11.1. The zero-order valence-corrected chi connectivity index (χ0v) is 18.6. The highest BCUT2D eigenvalue weighted by Gasteiger charge is 2.23. The zero-order chi connectivity index (χ0) is 23.2. The lowest BCUT2D eigenvalue weighted by atomic mass is 10.0. The molecule has 1 fully saturated rings. The van der Waals surface area contributed by atoms with Crippen LogP contribution in [0.5, 0.6) is 5.75 Å². The Morgan fingerprint density at radius 3 is 2.70 bits per heavy atom. The fourth-order valence-electron chi connectivity index (χ4n) is 4.20. The van der Waals surface area contributed by atoms with E-state index in [-0.39, 0.29) is 24.3 Å². The Bertz CT molecular complexity index is 1080. The molecule has 1 aliphatic rings. The van der Waals surface area contributed by atoms with E-state index in [4.69, 9.17) is 4.74 Å². The van der Waals surface area contributed by atoms with Gasteiger partial charge in [-0.15, -0.1) is 0 Å². The molecular weight excluding hydrogens is 423 g/mol. The van der Waals surface area contributed by atoms with Crippen molar-refractivity contribution in [3.05, 3.63) is 66.1 Å². The van der Waals surface area contributed by atoms with E-state index in [9.17, 15) is 14.3 Å². The molecule has 1 aliphatic heterocycles. The smallest absolute Gasteiger partial charge is 0.238 e. The van der Waals surface area contributed by atoms with Gasteiger partial charge in [0.1, 0.15) is 11.6 Å². The third kappa shape index (κ3) is 6.04. The van der Waals surface area contributed by atoms with Crippen LogP contribution in [0.25, 0.3) is 10.9 Å². The zero-order valence-electron chi connectivity index (χ0n) is 18.6. The summed E-state index contributed by atoms with van der Waals surface area (Å²) in [7, 11) is 1.62. The van der Waals surface area contributed by atoms with E-state index < -0.39 is 6.10 Å². The molecule has 33 heavy (non-hydrogen) atoms. The van der Waals surface area contributed by atoms with Gasteiger partial charge >= 0.3 is 0 Å². The number of amides is 1. The number of halogens is 1. The number of carbonyl (C=O) groups excluding carboxylic acids is 1. The van der Waals surface area contributed by atoms with Crippen molar-refractivity contribution in [3.8, 4) is 5.75 Å². The average Bonchev–Trinajstić information content (AvgIpc) is 2.84. The van der Waals surface area contributed by atoms with E-state index >= 15 is 0 Å². The minimum atomic E-state index is -0.631. The Hall–Kier alpha value is -3.07. The third-order valence-corrected chi connectivity index (χ3v) is 6.04. The largest absolute Gasteiger partial charge is 0.497 e. The highest BCUT2D eigenvalue weighted by Crippen LogP contribution is 2.27. The molecule has 2 aromatic carbocycles. The van der Waals surface area contributed by atoms with Gasteiger partial charge in [0.05, 0.1) is 25.3 Å². The molecule has 1 atom stereocenters. The molecule has 8 heteroatoms. The Balaban J connectivity index is 1.25. The normalized spacial score (nSPS) is 16.0. The number of anilines is 1. The summed E-state index contributed by atoms with van der Waals surface area (Å²) in [6.07, 6.45) is 2.87. The predicted molar refractivity (Wildman–Crippen MR) is 126 cm³/mol. The summed E-state index contributed by atoms with van der Waals surface area (Å²) in [5, 5.41) is 17.9. The fourth-order valence-corrected chi connectivity index (χ4v) is 4.20. The van der Waals surface area contributed by atoms with Gasteiger partial charge in [-0.05, 0) is 80.0 Å². The number of nitrogens with zero attached hydrogens (tertiary/aromatic N) is 2. The quantitative estimate of drug-likeness (QED) is 0.487. The molecule has 2 heterocycles. The highest BCUT2D eigenvalue weighted by molar-refractivity contribution is 5.92. The van der Waals surface area contributed by atoms with E-state index in [1.165, 1.54) is 12.1 Å². The maximum Gasteiger partial charge on any atom is 0.238 e. The topological polar surface area (TPSA) is 86.7 Å². The fraction of sp³-hybridized carbons (Fsp3) is 0.360. The van der Waals surface area contributed by atoms with Crippen molar-refractivity contribution in [1.29, 1.82) is 0 Å². The van der Waals surface area contributed by atoms with Crippen LogP contribution in [0.15, 0.2) is 54.7 Å². The van der Waals surface area contributed by atoms with Gasteiger partial charge in [0.2, 0.25) is 5.91 Å². The number of ether oxygens (including phenoxy) is 1. The number of aliphatic hydroxyl groups is 1. The van der Waals surface area contributed by atoms with E-state index in [1.807, 2.05) is 24.3 Å². The third-order valence-electron chi connectivity index (χ3n) is 6.04. The Morgan fingerprint density at radius 1 is 1.21 bits per heavy atom. The van der Waals surface area contributed by atoms with Gasteiger partial charge in [-0.3, -0.25) is 9.78 Å². The Kier molecular flexibility index (Phi) is 7.49. The van der Waals surface area contributed by atoms with E-state index in [1.54, 1.807) is 25.4 Å². The lowest BCUT2D eigenvalue weighted by Crippen LogP contribution is -2.45. The molecule has 4 rings (SSSR count). The Labute approximate surface area is 192 Å². The first-order valence-electron chi connectivity index (χ1n) is 11.1. The molecule has 0 unspecified atom stereocenters. The maximum absolute atomic E-state index is 13.0. The summed E-state index contributed by atoms with van der Waals surface area (Å²) < 4.78 is 18.3. The number of likely N-dealkylation sites (tertiary alicyclic amines) is 1. The summed E-state index contributed by atoms with van der Waals surface area (Å²) in [5.74, 6) is 0.249. The monoisotopic (exact) mass is 452 g/mol. The van der Waals surface area contributed by atoms with Crippen LogP contribution in [-0.4, -0.2) is 60.2 Å². The number of carbonyl (C=O) groups is 1. The number of β-amino-alcohol motifs (C(OH)–C–C–N with tert-alkyl or cyclic N) is 1. The number of hydrogen-bond acceptors (Lipinski definition) is 6. The SMILES string of the molecule is COc1ccc2nccc([C@H](O)CN3CCC(NCC(=O)Nc4ccc(F)cc4)CC3)c2c1. The van der Waals surface area contributed by atoms with Crippen molar-refractivity contribution in [2.45, 2.75) is 25.0 Å². The lowest BCUT2D eigenvalue weighted by Gasteiger charge is -2.33. The molecule has 3 N–H and O–H groups in total. The van der Waals surface area contributed by atoms with Crippen LogP contribution in [0.3, 0.4) is 0 Å². The molecule has 174 valence electrons. The van der Waals surface area contributed by atoms with Crippen LogP contribution in [-0.2, 0) is 4.79 Å². The molecule has 0 spiro atoms. The number of fused-ring (bicyclic) bond motifs is 1. The van der Waals surface area contributed by atoms with Gasteiger partial charge in [0.15, 0.2) is 0 Å². The molecule has 0 bridgehead atoms. The second-order valence-electron chi connectivity index (χ2n) is 8.31. The number of rotatable bonds is 8. The lowest BCUT2D eigenvalue weighted by molar-refractivity contribution is -0.115. The van der Waals surface area contributed by atoms with Crippen molar-refractivity contribution >= 4 is 22.5 Å². The number of pyridine rings is 1. The molecule has 1 saturated heterocycles. The van der Waals surface area contributed by atoms with Crippen molar-refractivity contribution in [2.75, 3.05) is 38.6 Å². The first kappa shape index (κ1) is 23.1. The van der Waals surface area contributed by atoms with Crippen LogP contribution in [0.4, 0.5) is 10.1 Å². The standard InChI is InChI=1S/C25H29FN4O3/c1-33-20-6-7-23-22(14-20)21(8-11-27-23)24(31)16-30-12-9-18(10-13-30)28-15-25(32)29-19-4-2-17(26)3-5-19/h2-8,11,14,18,24,28,31H,9-10,12-13,15-16H2,1H3,(H,29,32)/t24-/m1/s1. The van der Waals surface area contributed by atoms with Gasteiger partial charge < -0.3 is 25.4 Å². The summed E-state index contributed by atoms with van der Waals surface area (Å²) in [5.41, 5.74) is 2.25. The minimum Gasteiger partial charge on any atom is -0.497 e. The van der Waals surface area contributed by atoms with Crippen LogP contribution < -0.4 is 15.4 Å². The summed E-state index contributed by atoms with van der Waals surface area (Å²) >= 11 is 0. The second-order valence-corrected chi connectivity index (χ2v) is 8.31. The van der Waals surface area contributed by atoms with Gasteiger partial charge in [0.25, 0.3) is 0 Å². The van der Waals surface area contributed by atoms with Crippen molar-refractivity contribution in [2.24, 2.45) is 0 Å². The van der Waals surface area contributed by atoms with Crippen LogP contribution in [0, 0.1) is 5.82 Å². The van der Waals surface area contributed by atoms with Gasteiger partial charge in [0, 0.05) is 29.9 Å². The molecule has 0 radical (unpaired) electrons. The maximum atomic E-state index is 13.0. The second kappa shape index (κ2) is 10.7. The summed E-state index contributed by atoms with van der Waals surface area (Å²) in [4.78, 5) is 18.8. The number of aliphatic hydroxyl groups excluding tert-OH is 1. The van der Waals surface area contributed by atoms with E-state index in [2.05, 4.69) is 20.5 Å². The number of benzene rings is 2. The van der Waals surface area contributed by atoms with Gasteiger partial charge in [-0.25, -0.2) is 4.39 Å². The van der Waals surface area contributed by atoms with Gasteiger partial charge in [-0.2, -0.15) is 0 Å². The number of piperidine rings is 1. The van der Waals surface area contributed by atoms with Gasteiger partial charge in [-0.1, -0.05) is 0 Å². The molecule has 1 amide bonds. The molecule has 0 saturated carbocycles. The van der Waals surface area contributed by atoms with E-state index in [0.717, 1.165) is 48.1 Å². The minimum absolute atomic E-state index is 0.153. The summed E-state index contributed by atoms with van der Waals surface area (Å²) in [6, 6.07) is 13.5. The van der Waals surface area contributed by atoms with E-state index in [0.29, 0.717) is 12.2 Å². The molecule has 3 aromatic rings. The number of methoxy groups -OCH3 is 1. The Morgan fingerprint density at radius 2 is 1.97 bits per heavy atom. The van der Waals surface area contributed by atoms with Crippen molar-refractivity contribution in [3.63, 3.8) is 0 Å². The average molecular weight is 453 g/mol. The number of nitrogens with one attached hydrogen (secondary N) is 2. The molecule has 1 aromatic heterocycles. The van der Waals surface area contributed by atoms with Crippen molar-refractivity contribution < 1.29 is 19.0 Å². The van der Waals surface area contributed by atoms with Crippen molar-refractivity contribution in [1.82, 2.24) is 15.2 Å². The molecule has 7 nitrogen and oxygen atoms in total. The first-order chi connectivity index (χ1) is 16.0. The molecular formula is C25H29FN4O3. The molecule has 0 aliphatic carbocycles. The van der Waals surface area contributed by atoms with Crippen LogP contribution in [0.1, 0.15) is 24.5 Å². The summed E-state index contributed by atoms with van der Waals surface area (Å²) in [6.45, 7) is 2.41. The van der Waals surface area contributed by atoms with Crippen LogP contribution >= 0.6 is 0 Å². The predicted octanol–water partition coefficient (Wildman–Crippen LogP) is 3.11. The van der Waals surface area contributed by atoms with Crippen LogP contribution in [0.2, 0.25) is 0 Å².